The molecule has 0 aliphatic heterocycles. The topological polar surface area (TPSA) is 42.4 Å². The molecule has 0 radical (unpaired) electrons. The molecular weight excluding hydrogens is 250 g/mol. The Morgan fingerprint density at radius 1 is 1.00 bits per heavy atom. The molecule has 0 bridgehead atoms. The minimum atomic E-state index is -0.0711. The Morgan fingerprint density at radius 2 is 1.65 bits per heavy atom. The van der Waals surface area contributed by atoms with Gasteiger partial charge in [0.25, 0.3) is 0 Å². The van der Waals surface area contributed by atoms with Crippen molar-refractivity contribution in [3.63, 3.8) is 0 Å². The number of pyridine rings is 1. The molecule has 1 aromatic carbocycles. The first-order valence-corrected chi connectivity index (χ1v) is 6.76. The number of aryl methyl sites for hydroxylation is 4. The standard InChI is InChI=1S/C17H21NO2/c1-10-6-7-11(2)16(14(10)5)20-17-15(9-19)12(3)8-13(4)18-17/h6-8,19H,9H2,1-5H3. The summed E-state index contributed by atoms with van der Waals surface area (Å²) < 4.78 is 6.03. The van der Waals surface area contributed by atoms with Gasteiger partial charge in [0.15, 0.2) is 0 Å². The van der Waals surface area contributed by atoms with E-state index in [0.29, 0.717) is 5.88 Å². The zero-order chi connectivity index (χ0) is 14.9. The van der Waals surface area contributed by atoms with Crippen molar-refractivity contribution in [2.45, 2.75) is 41.2 Å². The minimum Gasteiger partial charge on any atom is -0.438 e. The molecule has 2 aromatic rings. The number of benzene rings is 1. The van der Waals surface area contributed by atoms with Gasteiger partial charge in [0.1, 0.15) is 5.75 Å². The van der Waals surface area contributed by atoms with Crippen LogP contribution in [0.5, 0.6) is 11.6 Å². The van der Waals surface area contributed by atoms with Crippen molar-refractivity contribution in [1.82, 2.24) is 4.98 Å². The second-order valence-electron chi connectivity index (χ2n) is 5.28. The van der Waals surface area contributed by atoms with Gasteiger partial charge in [0.05, 0.1) is 6.61 Å². The van der Waals surface area contributed by atoms with Crippen molar-refractivity contribution < 1.29 is 9.84 Å². The third kappa shape index (κ3) is 2.68. The summed E-state index contributed by atoms with van der Waals surface area (Å²) in [4.78, 5) is 4.43. The molecule has 0 saturated heterocycles. The van der Waals surface area contributed by atoms with Crippen LogP contribution in [-0.2, 0) is 6.61 Å². The van der Waals surface area contributed by atoms with Crippen LogP contribution in [0.3, 0.4) is 0 Å². The fourth-order valence-electron chi connectivity index (χ4n) is 2.29. The van der Waals surface area contributed by atoms with Gasteiger partial charge in [0.2, 0.25) is 5.88 Å². The summed E-state index contributed by atoms with van der Waals surface area (Å²) in [5, 5.41) is 9.54. The third-order valence-electron chi connectivity index (χ3n) is 3.67. The van der Waals surface area contributed by atoms with E-state index >= 15 is 0 Å². The van der Waals surface area contributed by atoms with Gasteiger partial charge in [-0.15, -0.1) is 0 Å². The van der Waals surface area contributed by atoms with Crippen molar-refractivity contribution in [3.8, 4) is 11.6 Å². The maximum atomic E-state index is 9.54. The van der Waals surface area contributed by atoms with E-state index in [1.807, 2.05) is 39.8 Å². The van der Waals surface area contributed by atoms with Gasteiger partial charge in [-0.2, -0.15) is 0 Å². The van der Waals surface area contributed by atoms with Crippen molar-refractivity contribution in [2.75, 3.05) is 0 Å². The van der Waals surface area contributed by atoms with E-state index in [9.17, 15) is 5.11 Å². The predicted molar refractivity (Wildman–Crippen MR) is 80.4 cm³/mol. The number of nitrogens with zero attached hydrogens (tertiary/aromatic N) is 1. The average molecular weight is 271 g/mol. The maximum Gasteiger partial charge on any atom is 0.225 e. The molecule has 0 amide bonds. The average Bonchev–Trinajstić information content (AvgIpc) is 2.39. The Hall–Kier alpha value is -1.87. The second-order valence-corrected chi connectivity index (χ2v) is 5.28. The zero-order valence-electron chi connectivity index (χ0n) is 12.7. The van der Waals surface area contributed by atoms with Crippen molar-refractivity contribution in [2.24, 2.45) is 0 Å². The Labute approximate surface area is 120 Å². The Morgan fingerprint density at radius 3 is 2.30 bits per heavy atom. The fraction of sp³-hybridized carbons (Fsp3) is 0.353. The summed E-state index contributed by atoms with van der Waals surface area (Å²) in [6.45, 7) is 9.93. The summed E-state index contributed by atoms with van der Waals surface area (Å²) in [7, 11) is 0. The van der Waals surface area contributed by atoms with Gasteiger partial charge in [0, 0.05) is 11.3 Å². The van der Waals surface area contributed by atoms with E-state index < -0.39 is 0 Å². The summed E-state index contributed by atoms with van der Waals surface area (Å²) in [5.74, 6) is 1.33. The first-order chi connectivity index (χ1) is 9.43. The van der Waals surface area contributed by atoms with Crippen LogP contribution in [0.4, 0.5) is 0 Å². The number of hydrogen-bond donors (Lipinski definition) is 1. The molecule has 106 valence electrons. The molecule has 0 saturated carbocycles. The summed E-state index contributed by atoms with van der Waals surface area (Å²) in [6, 6.07) is 6.08. The SMILES string of the molecule is Cc1cc(C)c(CO)c(Oc2c(C)ccc(C)c2C)n1. The van der Waals surface area contributed by atoms with Crippen LogP contribution < -0.4 is 4.74 Å². The molecule has 3 nitrogen and oxygen atoms in total. The molecule has 0 fully saturated rings. The monoisotopic (exact) mass is 271 g/mol. The number of ether oxygens (including phenoxy) is 1. The predicted octanol–water partition coefficient (Wildman–Crippen LogP) is 3.91. The van der Waals surface area contributed by atoms with Crippen LogP contribution in [-0.4, -0.2) is 10.1 Å². The number of aliphatic hydroxyl groups is 1. The summed E-state index contributed by atoms with van der Waals surface area (Å²) >= 11 is 0. The highest BCUT2D eigenvalue weighted by Gasteiger charge is 2.14. The van der Waals surface area contributed by atoms with Crippen LogP contribution in [0.2, 0.25) is 0 Å². The van der Waals surface area contributed by atoms with Gasteiger partial charge in [-0.05, 0) is 62.9 Å². The molecule has 1 aromatic heterocycles. The Bertz CT molecular complexity index is 648. The first kappa shape index (κ1) is 14.5. The van der Waals surface area contributed by atoms with Crippen molar-refractivity contribution in [3.05, 3.63) is 51.7 Å². The highest BCUT2D eigenvalue weighted by molar-refractivity contribution is 5.47. The highest BCUT2D eigenvalue weighted by Crippen LogP contribution is 2.32. The fourth-order valence-corrected chi connectivity index (χ4v) is 2.29. The maximum absolute atomic E-state index is 9.54. The van der Waals surface area contributed by atoms with Crippen molar-refractivity contribution >= 4 is 0 Å². The smallest absolute Gasteiger partial charge is 0.225 e. The zero-order valence-corrected chi connectivity index (χ0v) is 12.7. The van der Waals surface area contributed by atoms with Crippen LogP contribution in [0, 0.1) is 34.6 Å². The van der Waals surface area contributed by atoms with Gasteiger partial charge in [-0.25, -0.2) is 4.98 Å². The lowest BCUT2D eigenvalue weighted by Crippen LogP contribution is -2.02. The van der Waals surface area contributed by atoms with Crippen LogP contribution >= 0.6 is 0 Å². The summed E-state index contributed by atoms with van der Waals surface area (Å²) in [6.07, 6.45) is 0. The number of aromatic nitrogens is 1. The lowest BCUT2D eigenvalue weighted by Gasteiger charge is -2.16. The van der Waals surface area contributed by atoms with E-state index in [2.05, 4.69) is 18.0 Å². The molecule has 0 unspecified atom stereocenters. The van der Waals surface area contributed by atoms with E-state index in [4.69, 9.17) is 4.74 Å². The molecule has 20 heavy (non-hydrogen) atoms. The van der Waals surface area contributed by atoms with Gasteiger partial charge < -0.3 is 9.84 Å². The number of rotatable bonds is 3. The van der Waals surface area contributed by atoms with Gasteiger partial charge >= 0.3 is 0 Å². The lowest BCUT2D eigenvalue weighted by molar-refractivity contribution is 0.274. The van der Waals surface area contributed by atoms with Gasteiger partial charge in [-0.3, -0.25) is 0 Å². The number of aliphatic hydroxyl groups excluding tert-OH is 1. The van der Waals surface area contributed by atoms with E-state index in [1.54, 1.807) is 0 Å². The summed E-state index contributed by atoms with van der Waals surface area (Å²) in [5.41, 5.74) is 5.99. The Kier molecular flexibility index (Phi) is 4.09. The molecule has 0 aliphatic rings. The molecule has 3 heteroatoms. The molecular formula is C17H21NO2. The quantitative estimate of drug-likeness (QED) is 0.920. The van der Waals surface area contributed by atoms with Gasteiger partial charge in [-0.1, -0.05) is 12.1 Å². The molecule has 1 N–H and O–H groups in total. The molecule has 0 spiro atoms. The van der Waals surface area contributed by atoms with Crippen LogP contribution in [0.15, 0.2) is 18.2 Å². The number of hydrogen-bond acceptors (Lipinski definition) is 3. The van der Waals surface area contributed by atoms with E-state index in [-0.39, 0.29) is 6.61 Å². The minimum absolute atomic E-state index is 0.0711. The third-order valence-corrected chi connectivity index (χ3v) is 3.67. The van der Waals surface area contributed by atoms with E-state index in [1.165, 1.54) is 5.56 Å². The molecule has 2 rings (SSSR count). The van der Waals surface area contributed by atoms with Crippen LogP contribution in [0.1, 0.15) is 33.5 Å². The van der Waals surface area contributed by atoms with E-state index in [0.717, 1.165) is 33.7 Å². The molecule has 0 atom stereocenters. The lowest BCUT2D eigenvalue weighted by atomic mass is 10.1. The Balaban J connectivity index is 2.53. The first-order valence-electron chi connectivity index (χ1n) is 6.76. The molecule has 1 heterocycles. The van der Waals surface area contributed by atoms with Crippen molar-refractivity contribution in [1.29, 1.82) is 0 Å². The normalized spacial score (nSPS) is 10.7. The van der Waals surface area contributed by atoms with Crippen LogP contribution in [0.25, 0.3) is 0 Å². The highest BCUT2D eigenvalue weighted by atomic mass is 16.5. The molecule has 0 aliphatic carbocycles. The largest absolute Gasteiger partial charge is 0.438 e. The second kappa shape index (κ2) is 5.63.